The number of esters is 2. The van der Waals surface area contributed by atoms with E-state index in [1.807, 2.05) is 0 Å². The first kappa shape index (κ1) is 37.8. The van der Waals surface area contributed by atoms with Crippen molar-refractivity contribution in [3.8, 4) is 0 Å². The molecule has 0 amide bonds. The van der Waals surface area contributed by atoms with Gasteiger partial charge in [-0.05, 0) is 235 Å². The Morgan fingerprint density at radius 3 is 1.00 bits per heavy atom. The molecule has 3 aromatic rings. The van der Waals surface area contributed by atoms with Crippen LogP contribution in [0.4, 0.5) is 0 Å². The molecule has 18 heteroatoms. The third-order valence-corrected chi connectivity index (χ3v) is 18.1. The molecule has 0 atom stereocenters. The molecule has 0 aliphatic heterocycles. The van der Waals surface area contributed by atoms with Crippen molar-refractivity contribution in [1.29, 1.82) is 0 Å². The van der Waals surface area contributed by atoms with Crippen molar-refractivity contribution < 1.29 is 19.1 Å². The molecule has 0 aliphatic rings. The minimum absolute atomic E-state index is 0.106. The van der Waals surface area contributed by atoms with Gasteiger partial charge in [0.1, 0.15) is 0 Å². The number of halogens is 14. The zero-order chi connectivity index (χ0) is 30.5. The Kier molecular flexibility index (Phi) is 14.2. The number of hydrogen-bond acceptors (Lipinski definition) is 4. The summed E-state index contributed by atoms with van der Waals surface area (Å²) in [5, 5.41) is 0. The van der Waals surface area contributed by atoms with Gasteiger partial charge in [-0.25, -0.2) is 9.59 Å². The maximum Gasteiger partial charge on any atom is 0.342 e. The van der Waals surface area contributed by atoms with E-state index in [0.717, 1.165) is 17.9 Å². The van der Waals surface area contributed by atoms with Gasteiger partial charge in [-0.3, -0.25) is 0 Å². The highest BCUT2D eigenvalue weighted by Crippen LogP contribution is 2.51. The predicted octanol–water partition coefficient (Wildman–Crippen LogP) is 14.8. The van der Waals surface area contributed by atoms with Crippen LogP contribution in [-0.4, -0.2) is 11.9 Å². The van der Waals surface area contributed by atoms with E-state index in [4.69, 9.17) is 9.47 Å². The zero-order valence-corrected chi connectivity index (χ0v) is 40.4. The quantitative estimate of drug-likeness (QED) is 0.107. The van der Waals surface area contributed by atoms with E-state index in [2.05, 4.69) is 223 Å². The smallest absolute Gasteiger partial charge is 0.342 e. The highest BCUT2D eigenvalue weighted by atomic mass is 79.9. The molecule has 0 heterocycles. The molecule has 3 aromatic carbocycles. The third kappa shape index (κ3) is 8.06. The van der Waals surface area contributed by atoms with Gasteiger partial charge in [-0.2, -0.15) is 0 Å². The summed E-state index contributed by atoms with van der Waals surface area (Å²) in [5.41, 5.74) is 1.38. The molecular formula is C22H4Br14O4. The first-order valence-corrected chi connectivity index (χ1v) is 20.8. The molecule has 0 saturated carbocycles. The first-order chi connectivity index (χ1) is 18.3. The van der Waals surface area contributed by atoms with Crippen molar-refractivity contribution >= 4 is 235 Å². The van der Waals surface area contributed by atoms with Gasteiger partial charge in [0, 0.05) is 55.9 Å². The number of carbonyl (C=O) groups excluding carboxylic acids is 2. The average molecular weight is 1450 g/mol. The lowest BCUT2D eigenvalue weighted by atomic mass is 10.1. The summed E-state index contributed by atoms with van der Waals surface area (Å²) >= 11 is 48.4. The van der Waals surface area contributed by atoms with Gasteiger partial charge in [0.25, 0.3) is 0 Å². The van der Waals surface area contributed by atoms with Crippen LogP contribution < -0.4 is 0 Å². The van der Waals surface area contributed by atoms with Crippen molar-refractivity contribution in [2.45, 2.75) is 6.84 Å². The monoisotopic (exact) mass is 1440 g/mol. The van der Waals surface area contributed by atoms with Gasteiger partial charge in [-0.1, -0.05) is 12.1 Å². The van der Waals surface area contributed by atoms with Gasteiger partial charge in [0.2, 0.25) is 6.84 Å². The highest BCUT2D eigenvalue weighted by Gasteiger charge is 2.39. The summed E-state index contributed by atoms with van der Waals surface area (Å²) in [4.78, 5) is 26.9. The van der Waals surface area contributed by atoms with Crippen LogP contribution >= 0.6 is 223 Å². The number of rotatable bonds is 6. The number of alkyl halides is 4. The third-order valence-electron chi connectivity index (χ3n) is 4.81. The molecule has 0 bridgehead atoms. The summed E-state index contributed by atoms with van der Waals surface area (Å²) in [7, 11) is 0. The van der Waals surface area contributed by atoms with E-state index in [1.165, 1.54) is 0 Å². The van der Waals surface area contributed by atoms with Crippen LogP contribution in [0.2, 0.25) is 0 Å². The van der Waals surface area contributed by atoms with E-state index < -0.39 is 18.8 Å². The van der Waals surface area contributed by atoms with Crippen molar-refractivity contribution in [2.75, 3.05) is 0 Å². The normalized spacial score (nSPS) is 11.9. The molecule has 0 N–H and O–H groups in total. The Bertz CT molecular complexity index is 1410. The van der Waals surface area contributed by atoms with Crippen molar-refractivity contribution in [2.24, 2.45) is 0 Å². The van der Waals surface area contributed by atoms with Crippen LogP contribution in [0.15, 0.2) is 69.0 Å². The van der Waals surface area contributed by atoms with Gasteiger partial charge in [0.05, 0.1) is 11.1 Å². The van der Waals surface area contributed by atoms with Crippen LogP contribution in [0.25, 0.3) is 0 Å². The molecule has 0 radical (unpaired) electrons. The Balaban J connectivity index is 1.99. The number of hydrogen-bond donors (Lipinski definition) is 0. The van der Waals surface area contributed by atoms with Gasteiger partial charge in [-0.15, -0.1) is 0 Å². The largest absolute Gasteiger partial charge is 0.429 e. The Labute approximate surface area is 346 Å². The summed E-state index contributed by atoms with van der Waals surface area (Å²) in [6, 6.07) is 7.13. The minimum Gasteiger partial charge on any atom is -0.429 e. The molecule has 0 spiro atoms. The van der Waals surface area contributed by atoms with Crippen molar-refractivity contribution in [1.82, 2.24) is 0 Å². The summed E-state index contributed by atoms with van der Waals surface area (Å²) < 4.78 is 14.3. The second-order valence-electron chi connectivity index (χ2n) is 7.26. The lowest BCUT2D eigenvalue weighted by Gasteiger charge is -2.26. The van der Waals surface area contributed by atoms with E-state index in [9.17, 15) is 9.59 Å². The minimum atomic E-state index is -1.40. The van der Waals surface area contributed by atoms with Crippen molar-refractivity contribution in [3.05, 3.63) is 91.2 Å². The highest BCUT2D eigenvalue weighted by molar-refractivity contribution is 9.25. The summed E-state index contributed by atoms with van der Waals surface area (Å²) in [6.45, 7) is 0. The predicted molar refractivity (Wildman–Crippen MR) is 206 cm³/mol. The van der Waals surface area contributed by atoms with E-state index in [0.29, 0.717) is 20.1 Å². The Hall–Kier alpha value is 3.32. The molecular weight excluding hydrogens is 1450 g/mol. The van der Waals surface area contributed by atoms with Gasteiger partial charge >= 0.3 is 11.9 Å². The second-order valence-corrected chi connectivity index (χ2v) is 21.9. The van der Waals surface area contributed by atoms with Gasteiger partial charge in [0.15, 0.2) is 0 Å². The molecule has 40 heavy (non-hydrogen) atoms. The number of carbonyl (C=O) groups is 2. The maximum absolute atomic E-state index is 13.5. The number of ether oxygens (including phenoxy) is 2. The van der Waals surface area contributed by atoms with E-state index in [1.54, 1.807) is 24.3 Å². The van der Waals surface area contributed by atoms with Crippen LogP contribution in [0, 0.1) is 0 Å². The first-order valence-electron chi connectivity index (χ1n) is 9.69. The molecule has 3 rings (SSSR count). The molecule has 4 nitrogen and oxygen atoms in total. The number of benzene rings is 3. The molecule has 214 valence electrons. The maximum atomic E-state index is 13.5. The fourth-order valence-electron chi connectivity index (χ4n) is 2.94. The standard InChI is InChI=1S/C22H4Br14O4/c23-7-3-1-5(11(25)13(7)27)21(33,34)39-19(37)9-15(29)17(31)10(18(32)16(9)30)20(38)40-22(35,36)6-2-4-8(24)14(28)12(6)26/h1-4H. The zero-order valence-electron chi connectivity index (χ0n) is 18.2. The van der Waals surface area contributed by atoms with Crippen LogP contribution in [0.1, 0.15) is 31.8 Å². The topological polar surface area (TPSA) is 52.6 Å². The molecule has 0 saturated heterocycles. The molecule has 0 unspecified atom stereocenters. The lowest BCUT2D eigenvalue weighted by Crippen LogP contribution is -2.23. The second kappa shape index (κ2) is 15.0. The lowest BCUT2D eigenvalue weighted by molar-refractivity contribution is 0.0403. The van der Waals surface area contributed by atoms with Crippen LogP contribution in [0.3, 0.4) is 0 Å². The summed E-state index contributed by atoms with van der Waals surface area (Å²) in [6.07, 6.45) is 0. The summed E-state index contributed by atoms with van der Waals surface area (Å²) in [5.74, 6) is -1.45. The van der Waals surface area contributed by atoms with Gasteiger partial charge < -0.3 is 9.47 Å². The van der Waals surface area contributed by atoms with Crippen molar-refractivity contribution in [3.63, 3.8) is 0 Å². The van der Waals surface area contributed by atoms with E-state index >= 15 is 0 Å². The molecule has 0 fully saturated rings. The molecule has 0 aromatic heterocycles. The molecule has 0 aliphatic carbocycles. The Morgan fingerprint density at radius 2 is 0.725 bits per heavy atom. The van der Waals surface area contributed by atoms with Crippen LogP contribution in [0.5, 0.6) is 0 Å². The fourth-order valence-corrected chi connectivity index (χ4v) is 11.8. The SMILES string of the molecule is O=C(OC(Br)(Br)c1ccc(Br)c(Br)c1Br)c1c(Br)c(Br)c(C(=O)OC(Br)(Br)c2ccc(Br)c(Br)c2Br)c(Br)c1Br. The van der Waals surface area contributed by atoms with Crippen LogP contribution in [-0.2, 0) is 16.3 Å². The Morgan fingerprint density at radius 1 is 0.450 bits per heavy atom. The van der Waals surface area contributed by atoms with E-state index in [-0.39, 0.29) is 29.0 Å². The fraction of sp³-hybridized carbons (Fsp3) is 0.0909. The average Bonchev–Trinajstić information content (AvgIpc) is 2.84.